The van der Waals surface area contributed by atoms with E-state index in [0.29, 0.717) is 0 Å². The number of halogens is 2. The number of methoxy groups -OCH3 is 1. The van der Waals surface area contributed by atoms with E-state index >= 15 is 0 Å². The molecule has 2 N–H and O–H groups in total. The minimum absolute atomic E-state index is 0. The van der Waals surface area contributed by atoms with Crippen molar-refractivity contribution in [2.45, 2.75) is 26.8 Å². The van der Waals surface area contributed by atoms with Crippen molar-refractivity contribution in [2.24, 2.45) is 11.1 Å². The van der Waals surface area contributed by atoms with Gasteiger partial charge in [-0.2, -0.15) is 0 Å². The molecule has 0 saturated carbocycles. The van der Waals surface area contributed by atoms with E-state index in [2.05, 4.69) is 15.9 Å². The summed E-state index contributed by atoms with van der Waals surface area (Å²) in [6, 6.07) is 1.65. The fraction of sp³-hybridized carbons (Fsp3) is 0.545. The van der Waals surface area contributed by atoms with Gasteiger partial charge in [0.05, 0.1) is 22.4 Å². The minimum atomic E-state index is -0.717. The first kappa shape index (κ1) is 16.9. The summed E-state index contributed by atoms with van der Waals surface area (Å²) in [6.45, 7) is 5.60. The highest BCUT2D eigenvalue weighted by molar-refractivity contribution is 9.11. The first-order chi connectivity index (χ1) is 7.30. The van der Waals surface area contributed by atoms with E-state index in [1.807, 2.05) is 13.0 Å². The Morgan fingerprint density at radius 1 is 1.59 bits per heavy atom. The molecule has 6 heteroatoms. The Bertz CT molecular complexity index is 387. The van der Waals surface area contributed by atoms with Gasteiger partial charge < -0.3 is 10.5 Å². The van der Waals surface area contributed by atoms with Gasteiger partial charge in [-0.3, -0.25) is 4.79 Å². The van der Waals surface area contributed by atoms with Crippen LogP contribution in [0.1, 0.15) is 30.3 Å². The van der Waals surface area contributed by atoms with Crippen molar-refractivity contribution in [3.63, 3.8) is 0 Å². The second kappa shape index (κ2) is 6.18. The number of carbonyl (C=O) groups is 1. The largest absolute Gasteiger partial charge is 0.469 e. The fourth-order valence-electron chi connectivity index (χ4n) is 1.38. The lowest BCUT2D eigenvalue weighted by Gasteiger charge is -2.27. The maximum absolute atomic E-state index is 11.6. The zero-order chi connectivity index (χ0) is 12.5. The molecule has 0 saturated heterocycles. The van der Waals surface area contributed by atoms with E-state index in [1.54, 1.807) is 25.2 Å². The van der Waals surface area contributed by atoms with E-state index in [0.717, 1.165) is 14.2 Å². The van der Waals surface area contributed by atoms with Crippen LogP contribution in [0.2, 0.25) is 0 Å². The van der Waals surface area contributed by atoms with Gasteiger partial charge in [-0.1, -0.05) is 0 Å². The van der Waals surface area contributed by atoms with Crippen LogP contribution in [-0.4, -0.2) is 13.1 Å². The van der Waals surface area contributed by atoms with E-state index in [4.69, 9.17) is 10.5 Å². The number of hydrogen-bond acceptors (Lipinski definition) is 4. The average Bonchev–Trinajstić information content (AvgIpc) is 2.56. The van der Waals surface area contributed by atoms with Crippen molar-refractivity contribution in [3.05, 3.63) is 20.3 Å². The first-order valence-corrected chi connectivity index (χ1v) is 6.51. The molecule has 1 aromatic heterocycles. The molecule has 1 rings (SSSR count). The molecule has 17 heavy (non-hydrogen) atoms. The van der Waals surface area contributed by atoms with Crippen LogP contribution in [-0.2, 0) is 9.53 Å². The van der Waals surface area contributed by atoms with Crippen LogP contribution in [0.5, 0.6) is 0 Å². The van der Waals surface area contributed by atoms with Gasteiger partial charge in [-0.05, 0) is 48.3 Å². The van der Waals surface area contributed by atoms with Crippen LogP contribution in [0.3, 0.4) is 0 Å². The summed E-state index contributed by atoms with van der Waals surface area (Å²) in [6.07, 6.45) is 0. The number of hydrogen-bond donors (Lipinski definition) is 1. The highest BCUT2D eigenvalue weighted by atomic mass is 79.9. The topological polar surface area (TPSA) is 52.3 Å². The molecule has 1 heterocycles. The third-order valence-corrected chi connectivity index (χ3v) is 4.89. The second-order valence-corrected chi connectivity index (χ2v) is 6.70. The van der Waals surface area contributed by atoms with Gasteiger partial charge in [-0.15, -0.1) is 23.7 Å². The Labute approximate surface area is 120 Å². The van der Waals surface area contributed by atoms with E-state index in [1.165, 1.54) is 7.11 Å². The lowest BCUT2D eigenvalue weighted by molar-refractivity contribution is -0.152. The van der Waals surface area contributed by atoms with Crippen LogP contribution in [0.4, 0.5) is 0 Å². The molecule has 3 nitrogen and oxygen atoms in total. The Morgan fingerprint density at radius 2 is 2.12 bits per heavy atom. The van der Waals surface area contributed by atoms with Gasteiger partial charge in [0.1, 0.15) is 0 Å². The van der Waals surface area contributed by atoms with Crippen molar-refractivity contribution in [1.82, 2.24) is 0 Å². The summed E-state index contributed by atoms with van der Waals surface area (Å²) < 4.78 is 5.82. The molecule has 98 valence electrons. The number of carbonyl (C=O) groups excluding carboxylic acids is 1. The normalized spacial score (nSPS) is 12.8. The smallest absolute Gasteiger partial charge is 0.313 e. The summed E-state index contributed by atoms with van der Waals surface area (Å²) >= 11 is 5.01. The summed E-state index contributed by atoms with van der Waals surface area (Å²) in [5, 5.41) is 0. The third-order valence-electron chi connectivity index (χ3n) is 2.67. The molecule has 0 aliphatic rings. The number of ether oxygens (including phenoxy) is 1. The van der Waals surface area contributed by atoms with Crippen molar-refractivity contribution in [2.75, 3.05) is 7.11 Å². The average molecular weight is 343 g/mol. The molecule has 0 spiro atoms. The van der Waals surface area contributed by atoms with Crippen molar-refractivity contribution in [3.8, 4) is 0 Å². The standard InChI is InChI=1S/C11H16BrNO2S.ClH/c1-6-5-7(16-9(6)12)8(13)11(2,3)10(14)15-4;/h5,8H,13H2,1-4H3;1H/t8-;/m1./s1. The summed E-state index contributed by atoms with van der Waals surface area (Å²) in [4.78, 5) is 12.6. The highest BCUT2D eigenvalue weighted by Crippen LogP contribution is 2.38. The van der Waals surface area contributed by atoms with Crippen LogP contribution in [0.25, 0.3) is 0 Å². The van der Waals surface area contributed by atoms with Crippen LogP contribution in [0, 0.1) is 12.3 Å². The Kier molecular flexibility index (Phi) is 6.14. The predicted octanol–water partition coefficient (Wildman–Crippen LogP) is 3.44. The first-order valence-electron chi connectivity index (χ1n) is 4.90. The quantitative estimate of drug-likeness (QED) is 0.856. The van der Waals surface area contributed by atoms with E-state index in [-0.39, 0.29) is 24.4 Å². The summed E-state index contributed by atoms with van der Waals surface area (Å²) in [5.41, 5.74) is 6.54. The molecule has 0 fully saturated rings. The Balaban J connectivity index is 0.00000256. The molecule has 1 aromatic rings. The molecule has 0 bridgehead atoms. The monoisotopic (exact) mass is 341 g/mol. The number of thiophene rings is 1. The van der Waals surface area contributed by atoms with Gasteiger partial charge >= 0.3 is 5.97 Å². The SMILES string of the molecule is COC(=O)C(C)(C)[C@H](N)c1cc(C)c(Br)s1.Cl. The minimum Gasteiger partial charge on any atom is -0.469 e. The molecular formula is C11H17BrClNO2S. The van der Waals surface area contributed by atoms with Gasteiger partial charge in [-0.25, -0.2) is 0 Å². The second-order valence-electron chi connectivity index (χ2n) is 4.30. The molecule has 0 aromatic carbocycles. The highest BCUT2D eigenvalue weighted by Gasteiger charge is 2.37. The fourth-order valence-corrected chi connectivity index (χ4v) is 3.14. The zero-order valence-electron chi connectivity index (χ0n) is 10.2. The molecular weight excluding hydrogens is 326 g/mol. The van der Waals surface area contributed by atoms with Crippen LogP contribution >= 0.6 is 39.7 Å². The number of nitrogens with two attached hydrogens (primary N) is 1. The summed E-state index contributed by atoms with van der Waals surface area (Å²) in [5.74, 6) is -0.290. The molecule has 1 atom stereocenters. The number of aryl methyl sites for hydroxylation is 1. The Morgan fingerprint density at radius 3 is 2.47 bits per heavy atom. The molecule has 0 aliphatic heterocycles. The maximum Gasteiger partial charge on any atom is 0.313 e. The molecule has 0 aliphatic carbocycles. The van der Waals surface area contributed by atoms with Gasteiger partial charge in [0.25, 0.3) is 0 Å². The lowest BCUT2D eigenvalue weighted by atomic mass is 9.84. The maximum atomic E-state index is 11.6. The van der Waals surface area contributed by atoms with E-state index < -0.39 is 5.41 Å². The summed E-state index contributed by atoms with van der Waals surface area (Å²) in [7, 11) is 1.38. The van der Waals surface area contributed by atoms with Crippen molar-refractivity contribution in [1.29, 1.82) is 0 Å². The Hall–Kier alpha value is -0.100. The molecule has 0 radical (unpaired) electrons. The third kappa shape index (κ3) is 3.44. The molecule has 0 amide bonds. The lowest BCUT2D eigenvalue weighted by Crippen LogP contribution is -2.36. The van der Waals surface area contributed by atoms with Crippen molar-refractivity contribution >= 4 is 45.6 Å². The zero-order valence-corrected chi connectivity index (χ0v) is 13.5. The van der Waals surface area contributed by atoms with Gasteiger partial charge in [0, 0.05) is 4.88 Å². The molecule has 0 unspecified atom stereocenters. The predicted molar refractivity (Wildman–Crippen MR) is 76.7 cm³/mol. The number of esters is 1. The van der Waals surface area contributed by atoms with Crippen LogP contribution in [0.15, 0.2) is 9.85 Å². The van der Waals surface area contributed by atoms with Crippen LogP contribution < -0.4 is 5.73 Å². The van der Waals surface area contributed by atoms with E-state index in [9.17, 15) is 4.79 Å². The van der Waals surface area contributed by atoms with Gasteiger partial charge in [0.2, 0.25) is 0 Å². The van der Waals surface area contributed by atoms with Gasteiger partial charge in [0.15, 0.2) is 0 Å². The van der Waals surface area contributed by atoms with Crippen molar-refractivity contribution < 1.29 is 9.53 Å². The number of rotatable bonds is 3.